The Labute approximate surface area is 162 Å². The molecule has 0 saturated carbocycles. The molecule has 0 spiro atoms. The zero-order valence-electron chi connectivity index (χ0n) is 14.9. The molecule has 1 aromatic carbocycles. The van der Waals surface area contributed by atoms with Gasteiger partial charge in [0.05, 0.1) is 16.9 Å². The fraction of sp³-hybridized carbons (Fsp3) is 0.263. The van der Waals surface area contributed by atoms with Crippen LogP contribution in [-0.2, 0) is 0 Å². The molecule has 1 N–H and O–H groups in total. The van der Waals surface area contributed by atoms with Crippen LogP contribution in [0, 0.1) is 6.92 Å². The van der Waals surface area contributed by atoms with E-state index in [-0.39, 0.29) is 16.6 Å². The lowest BCUT2D eigenvalue weighted by Crippen LogP contribution is -2.23. The summed E-state index contributed by atoms with van der Waals surface area (Å²) in [7, 11) is 0. The minimum absolute atomic E-state index is 0.175. The fourth-order valence-electron chi connectivity index (χ4n) is 3.13. The second kappa shape index (κ2) is 7.36. The van der Waals surface area contributed by atoms with E-state index in [1.807, 2.05) is 37.3 Å². The van der Waals surface area contributed by atoms with Crippen molar-refractivity contribution in [2.45, 2.75) is 19.8 Å². The smallest absolute Gasteiger partial charge is 0.276 e. The Hall–Kier alpha value is -2.93. The van der Waals surface area contributed by atoms with Crippen molar-refractivity contribution in [2.75, 3.05) is 23.3 Å². The lowest BCUT2D eigenvalue weighted by Gasteiger charge is -2.16. The number of benzene rings is 1. The second-order valence-corrected chi connectivity index (χ2v) is 6.86. The van der Waals surface area contributed by atoms with E-state index in [1.54, 1.807) is 10.9 Å². The molecule has 1 fully saturated rings. The van der Waals surface area contributed by atoms with Crippen LogP contribution in [0.15, 0.2) is 42.7 Å². The lowest BCUT2D eigenvalue weighted by molar-refractivity contribution is 0.102. The highest BCUT2D eigenvalue weighted by Crippen LogP contribution is 2.22. The Balaban J connectivity index is 1.57. The van der Waals surface area contributed by atoms with Crippen LogP contribution in [0.1, 0.15) is 29.0 Å². The minimum atomic E-state index is -0.364. The average Bonchev–Trinajstić information content (AvgIpc) is 3.34. The zero-order chi connectivity index (χ0) is 18.8. The van der Waals surface area contributed by atoms with Crippen LogP contribution in [0.4, 0.5) is 11.6 Å². The highest BCUT2D eigenvalue weighted by Gasteiger charge is 2.20. The number of anilines is 2. The first-order chi connectivity index (χ1) is 13.1. The number of nitrogens with one attached hydrogen (secondary N) is 1. The number of hydrogen-bond donors (Lipinski definition) is 1. The van der Waals surface area contributed by atoms with Gasteiger partial charge in [-0.2, -0.15) is 5.10 Å². The first kappa shape index (κ1) is 17.5. The molecule has 1 amide bonds. The molecule has 138 valence electrons. The number of amides is 1. The van der Waals surface area contributed by atoms with Gasteiger partial charge in [-0.25, -0.2) is 14.6 Å². The van der Waals surface area contributed by atoms with Gasteiger partial charge in [-0.3, -0.25) is 4.79 Å². The summed E-state index contributed by atoms with van der Waals surface area (Å²) in [5.74, 6) is 0.181. The van der Waals surface area contributed by atoms with Crippen molar-refractivity contribution < 1.29 is 4.79 Å². The summed E-state index contributed by atoms with van der Waals surface area (Å²) >= 11 is 6.18. The van der Waals surface area contributed by atoms with Crippen molar-refractivity contribution in [1.82, 2.24) is 19.7 Å². The van der Waals surface area contributed by atoms with Gasteiger partial charge in [0.15, 0.2) is 5.69 Å². The third-order valence-electron chi connectivity index (χ3n) is 4.52. The molecule has 0 radical (unpaired) electrons. The fourth-order valence-corrected chi connectivity index (χ4v) is 3.31. The van der Waals surface area contributed by atoms with Gasteiger partial charge in [-0.05, 0) is 44.0 Å². The van der Waals surface area contributed by atoms with Gasteiger partial charge >= 0.3 is 0 Å². The van der Waals surface area contributed by atoms with E-state index in [4.69, 9.17) is 11.6 Å². The summed E-state index contributed by atoms with van der Waals surface area (Å²) in [5, 5.41) is 7.39. The minimum Gasteiger partial charge on any atom is -0.341 e. The SMILES string of the molecule is Cc1ccnn1-c1cccc(NC(=O)c2nc(N3CCCC3)ncc2Cl)c1. The molecule has 3 heterocycles. The molecule has 4 rings (SSSR count). The number of nitrogens with zero attached hydrogens (tertiary/aromatic N) is 5. The molecule has 7 nitrogen and oxygen atoms in total. The van der Waals surface area contributed by atoms with Crippen molar-refractivity contribution in [2.24, 2.45) is 0 Å². The quantitative estimate of drug-likeness (QED) is 0.747. The van der Waals surface area contributed by atoms with Crippen molar-refractivity contribution in [3.8, 4) is 5.69 Å². The molecule has 3 aromatic rings. The summed E-state index contributed by atoms with van der Waals surface area (Å²) in [4.78, 5) is 23.5. The van der Waals surface area contributed by atoms with Gasteiger partial charge in [0.2, 0.25) is 5.95 Å². The van der Waals surface area contributed by atoms with Gasteiger partial charge in [-0.15, -0.1) is 0 Å². The molecule has 0 bridgehead atoms. The Bertz CT molecular complexity index is 980. The maximum absolute atomic E-state index is 12.7. The molecule has 0 unspecified atom stereocenters. The van der Waals surface area contributed by atoms with Crippen LogP contribution in [0.3, 0.4) is 0 Å². The topological polar surface area (TPSA) is 75.9 Å². The van der Waals surface area contributed by atoms with Crippen molar-refractivity contribution in [3.05, 3.63) is 59.1 Å². The molecule has 0 aliphatic carbocycles. The summed E-state index contributed by atoms with van der Waals surface area (Å²) < 4.78 is 1.80. The van der Waals surface area contributed by atoms with Crippen LogP contribution in [0.2, 0.25) is 5.02 Å². The maximum Gasteiger partial charge on any atom is 0.276 e. The summed E-state index contributed by atoms with van der Waals surface area (Å²) in [6.45, 7) is 3.76. The van der Waals surface area contributed by atoms with Crippen LogP contribution in [0.5, 0.6) is 0 Å². The highest BCUT2D eigenvalue weighted by molar-refractivity contribution is 6.34. The number of aromatic nitrogens is 4. The molecule has 2 aromatic heterocycles. The third kappa shape index (κ3) is 3.64. The van der Waals surface area contributed by atoms with Gasteiger partial charge in [0.1, 0.15) is 0 Å². The normalized spacial score (nSPS) is 13.8. The second-order valence-electron chi connectivity index (χ2n) is 6.45. The van der Waals surface area contributed by atoms with Gasteiger partial charge in [0.25, 0.3) is 5.91 Å². The van der Waals surface area contributed by atoms with Crippen molar-refractivity contribution >= 4 is 29.1 Å². The summed E-state index contributed by atoms with van der Waals surface area (Å²) in [5.41, 5.74) is 2.69. The van der Waals surface area contributed by atoms with E-state index in [9.17, 15) is 4.79 Å². The Kier molecular flexibility index (Phi) is 4.77. The van der Waals surface area contributed by atoms with E-state index >= 15 is 0 Å². The standard InChI is InChI=1S/C19H19ClN6O/c1-13-7-8-22-26(13)15-6-4-5-14(11-15)23-18(27)17-16(20)12-21-19(24-17)25-9-2-3-10-25/h4-8,11-12H,2-3,9-10H2,1H3,(H,23,27). The van der Waals surface area contributed by atoms with E-state index < -0.39 is 0 Å². The summed E-state index contributed by atoms with van der Waals surface area (Å²) in [6, 6.07) is 9.39. The Morgan fingerprint density at radius 1 is 1.22 bits per heavy atom. The van der Waals surface area contributed by atoms with Crippen LogP contribution in [0.25, 0.3) is 5.69 Å². The van der Waals surface area contributed by atoms with E-state index in [1.165, 1.54) is 6.20 Å². The summed E-state index contributed by atoms with van der Waals surface area (Å²) in [6.07, 6.45) is 5.43. The van der Waals surface area contributed by atoms with Crippen molar-refractivity contribution in [1.29, 1.82) is 0 Å². The maximum atomic E-state index is 12.7. The number of halogens is 1. The molecular formula is C19H19ClN6O. The Morgan fingerprint density at radius 3 is 2.78 bits per heavy atom. The molecule has 1 saturated heterocycles. The first-order valence-electron chi connectivity index (χ1n) is 8.82. The number of hydrogen-bond acceptors (Lipinski definition) is 5. The largest absolute Gasteiger partial charge is 0.341 e. The van der Waals surface area contributed by atoms with Gasteiger partial charge < -0.3 is 10.2 Å². The van der Waals surface area contributed by atoms with Crippen LogP contribution < -0.4 is 10.2 Å². The number of aryl methyl sites for hydroxylation is 1. The molecule has 0 atom stereocenters. The van der Waals surface area contributed by atoms with Crippen LogP contribution >= 0.6 is 11.6 Å². The predicted octanol–water partition coefficient (Wildman–Crippen LogP) is 3.48. The molecule has 1 aliphatic heterocycles. The highest BCUT2D eigenvalue weighted by atomic mass is 35.5. The van der Waals surface area contributed by atoms with Crippen LogP contribution in [-0.4, -0.2) is 38.7 Å². The van der Waals surface area contributed by atoms with E-state index in [0.717, 1.165) is 37.3 Å². The molecule has 8 heteroatoms. The average molecular weight is 383 g/mol. The van der Waals surface area contributed by atoms with Gasteiger partial charge in [-0.1, -0.05) is 17.7 Å². The van der Waals surface area contributed by atoms with Gasteiger partial charge in [0, 0.05) is 30.7 Å². The number of carbonyl (C=O) groups excluding carboxylic acids is 1. The molecule has 27 heavy (non-hydrogen) atoms. The monoisotopic (exact) mass is 382 g/mol. The number of carbonyl (C=O) groups is 1. The predicted molar refractivity (Wildman–Crippen MR) is 105 cm³/mol. The van der Waals surface area contributed by atoms with E-state index in [0.29, 0.717) is 11.6 Å². The molecular weight excluding hydrogens is 364 g/mol. The number of rotatable bonds is 4. The van der Waals surface area contributed by atoms with E-state index in [2.05, 4.69) is 25.3 Å². The lowest BCUT2D eigenvalue weighted by atomic mass is 10.2. The van der Waals surface area contributed by atoms with Crippen molar-refractivity contribution in [3.63, 3.8) is 0 Å². The molecule has 1 aliphatic rings. The Morgan fingerprint density at radius 2 is 2.04 bits per heavy atom. The zero-order valence-corrected chi connectivity index (χ0v) is 15.6. The first-order valence-corrected chi connectivity index (χ1v) is 9.19. The third-order valence-corrected chi connectivity index (χ3v) is 4.79.